The monoisotopic (exact) mass is 285 g/mol. The summed E-state index contributed by atoms with van der Waals surface area (Å²) in [6.45, 7) is 0. The Hall–Kier alpha value is -0.750. The van der Waals surface area contributed by atoms with Crippen LogP contribution in [0.1, 0.15) is 10.4 Å². The second-order valence-corrected chi connectivity index (χ2v) is 5.87. The van der Waals surface area contributed by atoms with Gasteiger partial charge in [0.25, 0.3) is 0 Å². The maximum absolute atomic E-state index is 6.08. The summed E-state index contributed by atoms with van der Waals surface area (Å²) in [7, 11) is 0. The van der Waals surface area contributed by atoms with Crippen LogP contribution < -0.4 is 11.3 Å². The molecule has 0 unspecified atom stereocenters. The number of anilines is 1. The van der Waals surface area contributed by atoms with Crippen molar-refractivity contribution in [2.45, 2.75) is 11.5 Å². The van der Waals surface area contributed by atoms with E-state index in [1.165, 1.54) is 10.4 Å². The van der Waals surface area contributed by atoms with E-state index in [0.717, 1.165) is 21.7 Å². The van der Waals surface area contributed by atoms with Crippen molar-refractivity contribution in [2.24, 2.45) is 5.84 Å². The molecule has 0 aliphatic heterocycles. The summed E-state index contributed by atoms with van der Waals surface area (Å²) in [5.41, 5.74) is 3.71. The van der Waals surface area contributed by atoms with Crippen LogP contribution in [0.4, 0.5) is 5.13 Å². The Kier molecular flexibility index (Phi) is 4.67. The highest BCUT2D eigenvalue weighted by Crippen LogP contribution is 2.26. The molecule has 0 amide bonds. The van der Waals surface area contributed by atoms with Crippen molar-refractivity contribution in [1.29, 1.82) is 0 Å². The zero-order valence-corrected chi connectivity index (χ0v) is 11.4. The molecule has 3 N–H and O–H groups in total. The molecule has 0 saturated heterocycles. The Labute approximate surface area is 113 Å². The van der Waals surface area contributed by atoms with E-state index in [-0.39, 0.29) is 0 Å². The zero-order valence-electron chi connectivity index (χ0n) is 9.02. The molecule has 0 bridgehead atoms. The SMILES string of the molecule is NNc1ncc(CSCc2ccccc2Cl)s1. The van der Waals surface area contributed by atoms with E-state index in [9.17, 15) is 0 Å². The highest BCUT2D eigenvalue weighted by Gasteiger charge is 2.02. The average molecular weight is 286 g/mol. The number of thioether (sulfide) groups is 1. The van der Waals surface area contributed by atoms with Gasteiger partial charge in [-0.1, -0.05) is 29.8 Å². The Balaban J connectivity index is 1.85. The number of nitrogens with one attached hydrogen (secondary N) is 1. The number of hydrogen-bond acceptors (Lipinski definition) is 5. The molecule has 1 aromatic heterocycles. The summed E-state index contributed by atoms with van der Waals surface area (Å²) in [5.74, 6) is 7.10. The van der Waals surface area contributed by atoms with Crippen LogP contribution >= 0.6 is 34.7 Å². The molecule has 0 aliphatic rings. The fourth-order valence-corrected chi connectivity index (χ4v) is 3.45. The lowest BCUT2D eigenvalue weighted by atomic mass is 10.2. The van der Waals surface area contributed by atoms with Gasteiger partial charge in [0.15, 0.2) is 5.13 Å². The zero-order chi connectivity index (χ0) is 12.1. The molecule has 90 valence electrons. The number of nitrogen functional groups attached to an aromatic ring is 1. The second-order valence-electron chi connectivity index (χ2n) is 3.36. The fraction of sp³-hybridized carbons (Fsp3) is 0.182. The van der Waals surface area contributed by atoms with Gasteiger partial charge in [0.1, 0.15) is 0 Å². The molecule has 0 spiro atoms. The first-order valence-corrected chi connectivity index (χ1v) is 7.37. The van der Waals surface area contributed by atoms with E-state index in [2.05, 4.69) is 16.5 Å². The lowest BCUT2D eigenvalue weighted by Gasteiger charge is -2.02. The average Bonchev–Trinajstić information content (AvgIpc) is 2.80. The van der Waals surface area contributed by atoms with Crippen LogP contribution in [-0.2, 0) is 11.5 Å². The number of nitrogens with zero attached hydrogens (tertiary/aromatic N) is 1. The predicted octanol–water partition coefficient (Wildman–Crippen LogP) is 3.52. The predicted molar refractivity (Wildman–Crippen MR) is 76.4 cm³/mol. The minimum atomic E-state index is 0.748. The van der Waals surface area contributed by atoms with Gasteiger partial charge in [0, 0.05) is 27.6 Å². The van der Waals surface area contributed by atoms with E-state index in [4.69, 9.17) is 17.4 Å². The lowest BCUT2D eigenvalue weighted by molar-refractivity contribution is 1.28. The summed E-state index contributed by atoms with van der Waals surface area (Å²) in [6.07, 6.45) is 1.85. The number of nitrogens with two attached hydrogens (primary N) is 1. The molecule has 0 atom stereocenters. The third kappa shape index (κ3) is 3.61. The number of aromatic nitrogens is 1. The third-order valence-corrected chi connectivity index (χ3v) is 4.65. The molecule has 1 heterocycles. The highest BCUT2D eigenvalue weighted by atomic mass is 35.5. The maximum Gasteiger partial charge on any atom is 0.197 e. The van der Waals surface area contributed by atoms with Gasteiger partial charge in [-0.2, -0.15) is 11.8 Å². The van der Waals surface area contributed by atoms with Gasteiger partial charge >= 0.3 is 0 Å². The second kappa shape index (κ2) is 6.26. The minimum Gasteiger partial charge on any atom is -0.300 e. The Morgan fingerprint density at radius 2 is 2.18 bits per heavy atom. The first-order valence-electron chi connectivity index (χ1n) is 5.02. The molecule has 0 radical (unpaired) electrons. The van der Waals surface area contributed by atoms with Crippen molar-refractivity contribution < 1.29 is 0 Å². The van der Waals surface area contributed by atoms with Crippen LogP contribution in [0.5, 0.6) is 0 Å². The van der Waals surface area contributed by atoms with E-state index in [1.807, 2.05) is 36.2 Å². The summed E-state index contributed by atoms with van der Waals surface area (Å²) in [6, 6.07) is 7.92. The highest BCUT2D eigenvalue weighted by molar-refractivity contribution is 7.97. The molecular weight excluding hydrogens is 274 g/mol. The third-order valence-electron chi connectivity index (χ3n) is 2.14. The maximum atomic E-state index is 6.08. The molecule has 0 fully saturated rings. The molecule has 2 rings (SSSR count). The largest absolute Gasteiger partial charge is 0.300 e. The van der Waals surface area contributed by atoms with Crippen molar-refractivity contribution in [3.8, 4) is 0 Å². The Morgan fingerprint density at radius 3 is 2.88 bits per heavy atom. The smallest absolute Gasteiger partial charge is 0.197 e. The summed E-state index contributed by atoms with van der Waals surface area (Å²) >= 11 is 9.47. The molecule has 2 aromatic rings. The Bertz CT molecular complexity index is 487. The number of rotatable bonds is 5. The standard InChI is InChI=1S/C11H12ClN3S2/c12-10-4-2-1-3-8(10)6-16-7-9-5-14-11(15-13)17-9/h1-5H,6-7,13H2,(H,14,15). The number of thiazole rings is 1. The van der Waals surface area contributed by atoms with Crippen LogP contribution in [0.2, 0.25) is 5.02 Å². The van der Waals surface area contributed by atoms with E-state index >= 15 is 0 Å². The van der Waals surface area contributed by atoms with Crippen molar-refractivity contribution in [3.05, 3.63) is 45.9 Å². The molecular formula is C11H12ClN3S2. The van der Waals surface area contributed by atoms with Crippen molar-refractivity contribution in [1.82, 2.24) is 4.98 Å². The van der Waals surface area contributed by atoms with Crippen LogP contribution in [-0.4, -0.2) is 4.98 Å². The summed E-state index contributed by atoms with van der Waals surface area (Å²) in [4.78, 5) is 5.32. The van der Waals surface area contributed by atoms with Crippen LogP contribution in [0, 0.1) is 0 Å². The molecule has 0 aliphatic carbocycles. The van der Waals surface area contributed by atoms with E-state index in [1.54, 1.807) is 11.3 Å². The normalized spacial score (nSPS) is 10.5. The van der Waals surface area contributed by atoms with Gasteiger partial charge in [-0.05, 0) is 11.6 Å². The van der Waals surface area contributed by atoms with E-state index < -0.39 is 0 Å². The van der Waals surface area contributed by atoms with Gasteiger partial charge in [0.2, 0.25) is 0 Å². The van der Waals surface area contributed by atoms with Crippen molar-refractivity contribution >= 4 is 39.8 Å². The molecule has 1 aromatic carbocycles. The van der Waals surface area contributed by atoms with Gasteiger partial charge in [0.05, 0.1) is 0 Å². The molecule has 17 heavy (non-hydrogen) atoms. The van der Waals surface area contributed by atoms with Gasteiger partial charge < -0.3 is 0 Å². The molecule has 6 heteroatoms. The topological polar surface area (TPSA) is 50.9 Å². The van der Waals surface area contributed by atoms with Crippen LogP contribution in [0.15, 0.2) is 30.5 Å². The summed E-state index contributed by atoms with van der Waals surface area (Å²) < 4.78 is 0. The lowest BCUT2D eigenvalue weighted by Crippen LogP contribution is -2.05. The van der Waals surface area contributed by atoms with Crippen molar-refractivity contribution in [2.75, 3.05) is 5.43 Å². The Morgan fingerprint density at radius 1 is 1.35 bits per heavy atom. The first-order chi connectivity index (χ1) is 8.29. The minimum absolute atomic E-state index is 0.748. The number of hydrazine groups is 1. The number of benzene rings is 1. The number of hydrogen-bond donors (Lipinski definition) is 2. The van der Waals surface area contributed by atoms with Crippen LogP contribution in [0.3, 0.4) is 0 Å². The fourth-order valence-electron chi connectivity index (χ4n) is 1.32. The first kappa shape index (κ1) is 12.7. The quantitative estimate of drug-likeness (QED) is 0.652. The molecule has 3 nitrogen and oxygen atoms in total. The van der Waals surface area contributed by atoms with Gasteiger partial charge in [-0.15, -0.1) is 11.3 Å². The summed E-state index contributed by atoms with van der Waals surface area (Å²) in [5, 5.41) is 1.58. The van der Waals surface area contributed by atoms with Gasteiger partial charge in [-0.25, -0.2) is 10.8 Å². The van der Waals surface area contributed by atoms with Crippen LogP contribution in [0.25, 0.3) is 0 Å². The van der Waals surface area contributed by atoms with E-state index in [0.29, 0.717) is 0 Å². The molecule has 0 saturated carbocycles. The number of halogens is 1. The van der Waals surface area contributed by atoms with Gasteiger partial charge in [-0.3, -0.25) is 5.43 Å². The van der Waals surface area contributed by atoms with Crippen molar-refractivity contribution in [3.63, 3.8) is 0 Å².